The molecule has 18 heavy (non-hydrogen) atoms. The van der Waals surface area contributed by atoms with E-state index in [4.69, 9.17) is 11.6 Å². The molecule has 1 fully saturated rings. The third-order valence-corrected chi connectivity index (χ3v) is 3.77. The van der Waals surface area contributed by atoms with Crippen LogP contribution in [0.3, 0.4) is 0 Å². The second-order valence-corrected chi connectivity index (χ2v) is 5.43. The van der Waals surface area contributed by atoms with Crippen LogP contribution in [0.5, 0.6) is 0 Å². The van der Waals surface area contributed by atoms with Crippen LogP contribution in [-0.2, 0) is 6.42 Å². The summed E-state index contributed by atoms with van der Waals surface area (Å²) in [4.78, 5) is 19.2. The van der Waals surface area contributed by atoms with Gasteiger partial charge in [-0.15, -0.1) is 11.3 Å². The molecular weight excluding hydrogens is 270 g/mol. The molecule has 5 nitrogen and oxygen atoms in total. The molecule has 1 aliphatic rings. The summed E-state index contributed by atoms with van der Waals surface area (Å²) in [6.07, 6.45) is 4.77. The number of hydrogen-bond acceptors (Lipinski definition) is 6. The van der Waals surface area contributed by atoms with Gasteiger partial charge in [-0.1, -0.05) is 0 Å². The van der Waals surface area contributed by atoms with Gasteiger partial charge in [-0.25, -0.2) is 9.97 Å². The monoisotopic (exact) mass is 281 g/mol. The first-order valence-corrected chi connectivity index (χ1v) is 7.11. The highest BCUT2D eigenvalue weighted by atomic mass is 35.5. The normalized spacial score (nSPS) is 15.3. The first kappa shape index (κ1) is 11.8. The van der Waals surface area contributed by atoms with Crippen molar-refractivity contribution in [1.29, 1.82) is 0 Å². The maximum absolute atomic E-state index is 5.96. The largest absolute Gasteiger partial charge is 0.341 e. The number of anilines is 1. The van der Waals surface area contributed by atoms with E-state index in [1.165, 1.54) is 12.8 Å². The molecule has 1 aliphatic heterocycles. The summed E-state index contributed by atoms with van der Waals surface area (Å²) in [5.74, 6) is 1.38. The topological polar surface area (TPSA) is 54.8 Å². The number of thiazole rings is 1. The van der Waals surface area contributed by atoms with Crippen molar-refractivity contribution in [2.24, 2.45) is 0 Å². The molecule has 0 radical (unpaired) electrons. The Labute approximate surface area is 114 Å². The Kier molecular flexibility index (Phi) is 3.38. The minimum atomic E-state index is 0.262. The average Bonchev–Trinajstić information content (AvgIpc) is 3.00. The van der Waals surface area contributed by atoms with Crippen molar-refractivity contribution in [2.75, 3.05) is 18.0 Å². The smallest absolute Gasteiger partial charge is 0.229 e. The molecule has 3 rings (SSSR count). The van der Waals surface area contributed by atoms with Crippen molar-refractivity contribution in [2.45, 2.75) is 19.3 Å². The van der Waals surface area contributed by atoms with Gasteiger partial charge in [-0.3, -0.25) is 0 Å². The van der Waals surface area contributed by atoms with Gasteiger partial charge in [0, 0.05) is 24.7 Å². The molecular formula is C11H12ClN5S. The highest BCUT2D eigenvalue weighted by molar-refractivity contribution is 7.09. The van der Waals surface area contributed by atoms with E-state index in [9.17, 15) is 0 Å². The zero-order valence-electron chi connectivity index (χ0n) is 9.71. The molecule has 0 N–H and O–H groups in total. The number of halogens is 1. The van der Waals surface area contributed by atoms with Crippen molar-refractivity contribution >= 4 is 28.9 Å². The van der Waals surface area contributed by atoms with E-state index < -0.39 is 0 Å². The molecule has 0 atom stereocenters. The third-order valence-electron chi connectivity index (χ3n) is 2.82. The molecule has 2 aromatic rings. The van der Waals surface area contributed by atoms with Gasteiger partial charge in [0.25, 0.3) is 0 Å². The van der Waals surface area contributed by atoms with Gasteiger partial charge in [0.1, 0.15) is 10.8 Å². The summed E-state index contributed by atoms with van der Waals surface area (Å²) in [6, 6.07) is 0. The van der Waals surface area contributed by atoms with Crippen molar-refractivity contribution in [3.63, 3.8) is 0 Å². The van der Waals surface area contributed by atoms with Gasteiger partial charge >= 0.3 is 0 Å². The highest BCUT2D eigenvalue weighted by Gasteiger charge is 2.17. The van der Waals surface area contributed by atoms with Crippen LogP contribution in [0.25, 0.3) is 0 Å². The van der Waals surface area contributed by atoms with Crippen LogP contribution >= 0.6 is 22.9 Å². The molecule has 0 aromatic carbocycles. The maximum Gasteiger partial charge on any atom is 0.229 e. The van der Waals surface area contributed by atoms with E-state index in [-0.39, 0.29) is 5.28 Å². The van der Waals surface area contributed by atoms with Gasteiger partial charge in [-0.2, -0.15) is 9.97 Å². The van der Waals surface area contributed by atoms with Crippen LogP contribution in [0.1, 0.15) is 23.7 Å². The second-order valence-electron chi connectivity index (χ2n) is 4.12. The van der Waals surface area contributed by atoms with Gasteiger partial charge in [0.15, 0.2) is 0 Å². The molecule has 0 unspecified atom stereocenters. The SMILES string of the molecule is Clc1nc(Cc2nccs2)nc(N2CCCC2)n1. The molecule has 0 bridgehead atoms. The van der Waals surface area contributed by atoms with Crippen LogP contribution in [0.4, 0.5) is 5.95 Å². The summed E-state index contributed by atoms with van der Waals surface area (Å²) >= 11 is 7.56. The zero-order valence-corrected chi connectivity index (χ0v) is 11.3. The summed E-state index contributed by atoms with van der Waals surface area (Å²) in [5.41, 5.74) is 0. The summed E-state index contributed by atoms with van der Waals surface area (Å²) in [5, 5.41) is 3.20. The standard InChI is InChI=1S/C11H12ClN5S/c12-10-14-8(7-9-13-3-6-18-9)15-11(16-10)17-4-1-2-5-17/h3,6H,1-2,4-5,7H2. The average molecular weight is 282 g/mol. The van der Waals surface area contributed by atoms with E-state index in [0.717, 1.165) is 18.1 Å². The Morgan fingerprint density at radius 1 is 1.22 bits per heavy atom. The van der Waals surface area contributed by atoms with Crippen LogP contribution in [0.15, 0.2) is 11.6 Å². The summed E-state index contributed by atoms with van der Waals surface area (Å²) in [6.45, 7) is 1.99. The van der Waals surface area contributed by atoms with Gasteiger partial charge in [-0.05, 0) is 24.4 Å². The van der Waals surface area contributed by atoms with E-state index in [2.05, 4.69) is 24.8 Å². The third kappa shape index (κ3) is 2.59. The molecule has 0 amide bonds. The highest BCUT2D eigenvalue weighted by Crippen LogP contribution is 2.18. The fourth-order valence-electron chi connectivity index (χ4n) is 1.99. The summed E-state index contributed by atoms with van der Waals surface area (Å²) < 4.78 is 0. The number of nitrogens with zero attached hydrogens (tertiary/aromatic N) is 5. The predicted octanol–water partition coefficient (Wildman–Crippen LogP) is 2.17. The van der Waals surface area contributed by atoms with E-state index in [1.54, 1.807) is 17.5 Å². The molecule has 1 saturated heterocycles. The van der Waals surface area contributed by atoms with Gasteiger partial charge in [0.05, 0.1) is 6.42 Å². The van der Waals surface area contributed by atoms with Crippen LogP contribution in [-0.4, -0.2) is 33.0 Å². The molecule has 94 valence electrons. The molecule has 2 aromatic heterocycles. The second kappa shape index (κ2) is 5.16. The molecule has 3 heterocycles. The van der Waals surface area contributed by atoms with Gasteiger partial charge < -0.3 is 4.90 Å². The van der Waals surface area contributed by atoms with E-state index in [0.29, 0.717) is 18.2 Å². The molecule has 7 heteroatoms. The van der Waals surface area contributed by atoms with Crippen LogP contribution in [0, 0.1) is 0 Å². The van der Waals surface area contributed by atoms with Crippen molar-refractivity contribution in [1.82, 2.24) is 19.9 Å². The Balaban J connectivity index is 1.85. The Hall–Kier alpha value is -1.27. The Bertz CT molecular complexity index is 524. The predicted molar refractivity (Wildman–Crippen MR) is 71.2 cm³/mol. The molecule has 0 aliphatic carbocycles. The minimum Gasteiger partial charge on any atom is -0.341 e. The fourth-order valence-corrected chi connectivity index (χ4v) is 2.78. The molecule has 0 spiro atoms. The first-order chi connectivity index (χ1) is 8.81. The number of aromatic nitrogens is 4. The maximum atomic E-state index is 5.96. The van der Waals surface area contributed by atoms with Gasteiger partial charge in [0.2, 0.25) is 11.2 Å². The Morgan fingerprint density at radius 2 is 2.06 bits per heavy atom. The van der Waals surface area contributed by atoms with E-state index in [1.807, 2.05) is 5.38 Å². The Morgan fingerprint density at radius 3 is 2.78 bits per heavy atom. The lowest BCUT2D eigenvalue weighted by Gasteiger charge is -2.15. The number of rotatable bonds is 3. The lowest BCUT2D eigenvalue weighted by molar-refractivity contribution is 0.840. The first-order valence-electron chi connectivity index (χ1n) is 5.85. The lowest BCUT2D eigenvalue weighted by Crippen LogP contribution is -2.21. The van der Waals surface area contributed by atoms with Crippen LogP contribution < -0.4 is 4.90 Å². The molecule has 0 saturated carbocycles. The van der Waals surface area contributed by atoms with E-state index >= 15 is 0 Å². The number of hydrogen-bond donors (Lipinski definition) is 0. The van der Waals surface area contributed by atoms with Crippen molar-refractivity contribution < 1.29 is 0 Å². The van der Waals surface area contributed by atoms with Crippen molar-refractivity contribution in [3.05, 3.63) is 27.7 Å². The quantitative estimate of drug-likeness (QED) is 0.863. The zero-order chi connectivity index (χ0) is 12.4. The van der Waals surface area contributed by atoms with Crippen molar-refractivity contribution in [3.8, 4) is 0 Å². The van der Waals surface area contributed by atoms with Crippen LogP contribution in [0.2, 0.25) is 5.28 Å². The minimum absolute atomic E-state index is 0.262. The fraction of sp³-hybridized carbons (Fsp3) is 0.455. The lowest BCUT2D eigenvalue weighted by atomic mass is 10.4. The summed E-state index contributed by atoms with van der Waals surface area (Å²) in [7, 11) is 0.